The number of carbonyl (C=O) groups is 1. The molecule has 0 amide bonds. The first-order valence-electron chi connectivity index (χ1n) is 6.79. The third-order valence-electron chi connectivity index (χ3n) is 3.49. The number of methoxy groups -OCH3 is 1. The van der Waals surface area contributed by atoms with E-state index in [2.05, 4.69) is 28.2 Å². The second-order valence-corrected chi connectivity index (χ2v) is 5.88. The summed E-state index contributed by atoms with van der Waals surface area (Å²) < 4.78 is 4.80. The minimum absolute atomic E-state index is 0.0693. The van der Waals surface area contributed by atoms with Crippen LogP contribution in [0.4, 0.5) is 0 Å². The Balaban J connectivity index is 1.83. The van der Waals surface area contributed by atoms with Gasteiger partial charge in [0.1, 0.15) is 0 Å². The molecule has 108 valence electrons. The molecule has 1 aromatic heterocycles. The Morgan fingerprint density at radius 1 is 1.55 bits per heavy atom. The molecule has 0 atom stereocenters. The minimum Gasteiger partial charge on any atom is -0.469 e. The molecule has 5 heteroatoms. The van der Waals surface area contributed by atoms with Crippen molar-refractivity contribution >= 4 is 17.3 Å². The highest BCUT2D eigenvalue weighted by molar-refractivity contribution is 7.10. The smallest absolute Gasteiger partial charge is 0.308 e. The van der Waals surface area contributed by atoms with E-state index in [1.165, 1.54) is 12.0 Å². The van der Waals surface area contributed by atoms with E-state index in [0.29, 0.717) is 6.54 Å². The Labute approximate surface area is 123 Å². The van der Waals surface area contributed by atoms with Gasteiger partial charge >= 0.3 is 5.97 Å². The molecule has 1 aromatic rings. The van der Waals surface area contributed by atoms with E-state index < -0.39 is 0 Å². The minimum atomic E-state index is -0.0693. The largest absolute Gasteiger partial charge is 0.469 e. The third-order valence-corrected chi connectivity index (χ3v) is 4.41. The van der Waals surface area contributed by atoms with Gasteiger partial charge in [0.25, 0.3) is 0 Å². The topological polar surface area (TPSA) is 55.6 Å². The highest BCUT2D eigenvalue weighted by atomic mass is 32.1. The number of hydrogen-bond acceptors (Lipinski definition) is 5. The summed E-state index contributed by atoms with van der Waals surface area (Å²) in [5.41, 5.74) is 6.41. The summed E-state index contributed by atoms with van der Waals surface area (Å²) in [5.74, 6) is 5.92. The van der Waals surface area contributed by atoms with Gasteiger partial charge in [0.05, 0.1) is 19.6 Å². The summed E-state index contributed by atoms with van der Waals surface area (Å²) in [6, 6.07) is 2.12. The second-order valence-electron chi connectivity index (χ2n) is 4.88. The van der Waals surface area contributed by atoms with Crippen LogP contribution < -0.4 is 5.73 Å². The number of ether oxygens (including phenoxy) is 1. The van der Waals surface area contributed by atoms with Crippen molar-refractivity contribution in [3.63, 3.8) is 0 Å². The normalized spacial score (nSPS) is 16.5. The van der Waals surface area contributed by atoms with Gasteiger partial charge in [-0.1, -0.05) is 11.8 Å². The third kappa shape index (κ3) is 4.07. The quantitative estimate of drug-likeness (QED) is 0.676. The van der Waals surface area contributed by atoms with Crippen LogP contribution >= 0.6 is 11.3 Å². The van der Waals surface area contributed by atoms with E-state index in [-0.39, 0.29) is 11.9 Å². The van der Waals surface area contributed by atoms with Crippen molar-refractivity contribution in [1.29, 1.82) is 0 Å². The summed E-state index contributed by atoms with van der Waals surface area (Å²) in [4.78, 5) is 15.2. The van der Waals surface area contributed by atoms with Crippen molar-refractivity contribution in [3.8, 4) is 11.8 Å². The van der Waals surface area contributed by atoms with Crippen LogP contribution in [0.15, 0.2) is 11.4 Å². The highest BCUT2D eigenvalue weighted by Gasteiger charge is 2.25. The van der Waals surface area contributed by atoms with Crippen molar-refractivity contribution < 1.29 is 9.53 Å². The molecular formula is C15H20N2O2S. The van der Waals surface area contributed by atoms with Crippen molar-refractivity contribution in [1.82, 2.24) is 4.90 Å². The summed E-state index contributed by atoms with van der Waals surface area (Å²) in [7, 11) is 1.46. The lowest BCUT2D eigenvalue weighted by atomic mass is 9.97. The second kappa shape index (κ2) is 7.44. The Kier molecular flexibility index (Phi) is 5.60. The fourth-order valence-corrected chi connectivity index (χ4v) is 3.25. The number of carbonyl (C=O) groups excluding carboxylic acids is 1. The maximum Gasteiger partial charge on any atom is 0.308 e. The molecule has 1 aliphatic rings. The molecule has 0 radical (unpaired) electrons. The predicted octanol–water partition coefficient (Wildman–Crippen LogP) is 1.44. The molecular weight excluding hydrogens is 272 g/mol. The van der Waals surface area contributed by atoms with Gasteiger partial charge in [-0.15, -0.1) is 11.3 Å². The molecule has 0 saturated carbocycles. The summed E-state index contributed by atoms with van der Waals surface area (Å²) in [5, 5.41) is 2.07. The summed E-state index contributed by atoms with van der Waals surface area (Å²) in [6.07, 6.45) is 1.77. The van der Waals surface area contributed by atoms with Crippen LogP contribution in [0.5, 0.6) is 0 Å². The Morgan fingerprint density at radius 3 is 2.95 bits per heavy atom. The lowest BCUT2D eigenvalue weighted by molar-refractivity contribution is -0.147. The molecule has 2 N–H and O–H groups in total. The zero-order valence-electron chi connectivity index (χ0n) is 11.7. The van der Waals surface area contributed by atoms with E-state index in [4.69, 9.17) is 10.5 Å². The first-order chi connectivity index (χ1) is 9.72. The molecule has 0 aliphatic carbocycles. The van der Waals surface area contributed by atoms with Crippen LogP contribution in [0.25, 0.3) is 0 Å². The predicted molar refractivity (Wildman–Crippen MR) is 80.3 cm³/mol. The van der Waals surface area contributed by atoms with Crippen molar-refractivity contribution in [2.75, 3.05) is 26.7 Å². The molecule has 20 heavy (non-hydrogen) atoms. The number of nitrogens with two attached hydrogens (primary N) is 1. The molecule has 2 rings (SSSR count). The Bertz CT molecular complexity index is 507. The lowest BCUT2D eigenvalue weighted by Gasteiger charge is -2.30. The molecule has 4 nitrogen and oxygen atoms in total. The van der Waals surface area contributed by atoms with Gasteiger partial charge in [0.2, 0.25) is 0 Å². The molecule has 2 heterocycles. The number of thiophene rings is 1. The maximum atomic E-state index is 11.5. The van der Waals surface area contributed by atoms with E-state index in [1.807, 2.05) is 0 Å². The van der Waals surface area contributed by atoms with Crippen LogP contribution in [-0.4, -0.2) is 37.6 Å². The zero-order chi connectivity index (χ0) is 14.4. The van der Waals surface area contributed by atoms with E-state index in [9.17, 15) is 4.79 Å². The fraction of sp³-hybridized carbons (Fsp3) is 0.533. The number of esters is 1. The molecule has 0 aromatic carbocycles. The number of hydrogen-bond donors (Lipinski definition) is 1. The number of likely N-dealkylation sites (tertiary alicyclic amines) is 1. The van der Waals surface area contributed by atoms with Crippen LogP contribution in [-0.2, 0) is 16.1 Å². The van der Waals surface area contributed by atoms with E-state index in [1.54, 1.807) is 11.3 Å². The van der Waals surface area contributed by atoms with Gasteiger partial charge < -0.3 is 10.5 Å². The molecule has 0 spiro atoms. The SMILES string of the molecule is COC(=O)C1CCN(Cc2cc(C#CCN)cs2)CC1. The summed E-state index contributed by atoms with van der Waals surface area (Å²) >= 11 is 1.73. The Hall–Kier alpha value is -1.35. The van der Waals surface area contributed by atoms with Crippen molar-refractivity contribution in [2.45, 2.75) is 19.4 Å². The zero-order valence-corrected chi connectivity index (χ0v) is 12.5. The fourth-order valence-electron chi connectivity index (χ4n) is 2.40. The monoisotopic (exact) mass is 292 g/mol. The van der Waals surface area contributed by atoms with Crippen LogP contribution in [0.3, 0.4) is 0 Å². The van der Waals surface area contributed by atoms with Crippen LogP contribution in [0, 0.1) is 17.8 Å². The first kappa shape index (κ1) is 15.0. The van der Waals surface area contributed by atoms with Gasteiger partial charge in [0.15, 0.2) is 0 Å². The average molecular weight is 292 g/mol. The molecule has 0 unspecified atom stereocenters. The van der Waals surface area contributed by atoms with E-state index in [0.717, 1.165) is 38.0 Å². The van der Waals surface area contributed by atoms with Crippen LogP contribution in [0.2, 0.25) is 0 Å². The lowest BCUT2D eigenvalue weighted by Crippen LogP contribution is -2.36. The van der Waals surface area contributed by atoms with Crippen molar-refractivity contribution in [3.05, 3.63) is 21.9 Å². The first-order valence-corrected chi connectivity index (χ1v) is 7.67. The Morgan fingerprint density at radius 2 is 2.30 bits per heavy atom. The van der Waals surface area contributed by atoms with Gasteiger partial charge in [-0.2, -0.15) is 0 Å². The van der Waals surface area contributed by atoms with E-state index >= 15 is 0 Å². The van der Waals surface area contributed by atoms with Crippen molar-refractivity contribution in [2.24, 2.45) is 11.7 Å². The number of piperidine rings is 1. The van der Waals surface area contributed by atoms with Gasteiger partial charge in [-0.25, -0.2) is 0 Å². The van der Waals surface area contributed by atoms with Gasteiger partial charge in [-0.05, 0) is 32.0 Å². The molecule has 1 saturated heterocycles. The molecule has 0 bridgehead atoms. The molecule has 1 fully saturated rings. The summed E-state index contributed by atoms with van der Waals surface area (Å²) in [6.45, 7) is 3.22. The highest BCUT2D eigenvalue weighted by Crippen LogP contribution is 2.22. The number of nitrogens with zero attached hydrogens (tertiary/aromatic N) is 1. The van der Waals surface area contributed by atoms with Gasteiger partial charge in [-0.3, -0.25) is 9.69 Å². The average Bonchev–Trinajstić information content (AvgIpc) is 2.92. The number of rotatable bonds is 3. The maximum absolute atomic E-state index is 11.5. The molecule has 1 aliphatic heterocycles. The van der Waals surface area contributed by atoms with Gasteiger partial charge in [0, 0.05) is 22.4 Å². The van der Waals surface area contributed by atoms with Crippen LogP contribution in [0.1, 0.15) is 23.3 Å². The standard InChI is InChI=1S/C15H20N2O2S/c1-19-15(18)13-4-7-17(8-5-13)10-14-9-12(11-20-14)3-2-6-16/h9,11,13H,4-8,10,16H2,1H3.